The summed E-state index contributed by atoms with van der Waals surface area (Å²) in [6.07, 6.45) is 3.74. The van der Waals surface area contributed by atoms with E-state index in [1.54, 1.807) is 52.8 Å². The van der Waals surface area contributed by atoms with Gasteiger partial charge < -0.3 is 20.5 Å². The fraction of sp³-hybridized carbons (Fsp3) is 0.500. The molecule has 0 spiro atoms. The molecule has 0 radical (unpaired) electrons. The molecule has 2 aliphatic rings. The third-order valence-corrected chi connectivity index (χ3v) is 7.64. The Hall–Kier alpha value is -3.83. The van der Waals surface area contributed by atoms with E-state index in [-0.39, 0.29) is 5.92 Å². The van der Waals surface area contributed by atoms with E-state index in [0.29, 0.717) is 30.6 Å². The summed E-state index contributed by atoms with van der Waals surface area (Å²) in [5.74, 6) is -2.27. The van der Waals surface area contributed by atoms with E-state index in [9.17, 15) is 24.3 Å². The van der Waals surface area contributed by atoms with Gasteiger partial charge in [0.05, 0.1) is 23.2 Å². The minimum atomic E-state index is -1.33. The van der Waals surface area contributed by atoms with Crippen LogP contribution in [-0.4, -0.2) is 70.1 Å². The Balaban J connectivity index is 1.72. The van der Waals surface area contributed by atoms with E-state index in [0.717, 1.165) is 10.9 Å². The van der Waals surface area contributed by atoms with Gasteiger partial charge in [0, 0.05) is 11.9 Å². The number of esters is 1. The zero-order chi connectivity index (χ0) is 29.9. The largest absolute Gasteiger partial charge is 0.455 e. The first kappa shape index (κ1) is 30.1. The van der Waals surface area contributed by atoms with Crippen LogP contribution in [0.4, 0.5) is 0 Å². The van der Waals surface area contributed by atoms with E-state index in [1.807, 2.05) is 24.3 Å². The molecule has 5 bridgehead atoms. The van der Waals surface area contributed by atoms with Crippen molar-refractivity contribution in [1.82, 2.24) is 26.1 Å². The molecule has 3 amide bonds. The lowest BCUT2D eigenvalue weighted by Gasteiger charge is -2.35. The summed E-state index contributed by atoms with van der Waals surface area (Å²) in [7, 11) is 0. The van der Waals surface area contributed by atoms with Crippen molar-refractivity contribution in [3.05, 3.63) is 47.7 Å². The van der Waals surface area contributed by atoms with Gasteiger partial charge >= 0.3 is 5.97 Å². The number of hydrogen-bond donors (Lipinski definition) is 4. The number of nitrogens with zero attached hydrogens (tertiary/aromatic N) is 2. The first-order valence-corrected chi connectivity index (χ1v) is 14.0. The number of aromatic nitrogens is 1. The Bertz CT molecular complexity index is 1360. The molecule has 1 aromatic heterocycles. The van der Waals surface area contributed by atoms with Crippen molar-refractivity contribution in [3.8, 4) is 0 Å². The lowest BCUT2D eigenvalue weighted by atomic mass is 9.88. The molecule has 5 atom stereocenters. The number of fused-ring (bicyclic) bond motifs is 4. The van der Waals surface area contributed by atoms with Crippen LogP contribution in [0.1, 0.15) is 64.8 Å². The molecule has 1 fully saturated rings. The average molecular weight is 566 g/mol. The molecule has 220 valence electrons. The topological polar surface area (TPSA) is 150 Å². The van der Waals surface area contributed by atoms with Crippen LogP contribution in [0.2, 0.25) is 0 Å². The van der Waals surface area contributed by atoms with Crippen molar-refractivity contribution in [2.75, 3.05) is 13.2 Å². The predicted molar refractivity (Wildman–Crippen MR) is 153 cm³/mol. The fourth-order valence-corrected chi connectivity index (χ4v) is 4.83. The number of ether oxygens (including phenoxy) is 1. The smallest absolute Gasteiger partial charge is 0.325 e. The van der Waals surface area contributed by atoms with Gasteiger partial charge in [-0.05, 0) is 57.2 Å². The lowest BCUT2D eigenvalue weighted by molar-refractivity contribution is -0.157. The average Bonchev–Trinajstić information content (AvgIpc) is 2.96. The maximum absolute atomic E-state index is 13.4. The van der Waals surface area contributed by atoms with Crippen LogP contribution in [0.3, 0.4) is 0 Å². The van der Waals surface area contributed by atoms with E-state index < -0.39 is 59.9 Å². The van der Waals surface area contributed by atoms with Crippen LogP contribution in [0.25, 0.3) is 17.0 Å². The molecule has 2 aromatic rings. The zero-order valence-electron chi connectivity index (χ0n) is 24.1. The fourth-order valence-electron chi connectivity index (χ4n) is 4.83. The molecule has 1 aromatic carbocycles. The predicted octanol–water partition coefficient (Wildman–Crippen LogP) is 2.01. The summed E-state index contributed by atoms with van der Waals surface area (Å²) in [6, 6.07) is 6.70. The van der Waals surface area contributed by atoms with Crippen LogP contribution < -0.4 is 16.1 Å². The Morgan fingerprint density at radius 3 is 2.56 bits per heavy atom. The second-order valence-corrected chi connectivity index (χ2v) is 11.4. The maximum atomic E-state index is 13.4. The molecule has 0 saturated carbocycles. The number of benzene rings is 1. The summed E-state index contributed by atoms with van der Waals surface area (Å²) in [5.41, 5.74) is 3.62. The minimum absolute atomic E-state index is 0.301. The van der Waals surface area contributed by atoms with Crippen LogP contribution in [0.5, 0.6) is 0 Å². The molecule has 4 N–H and O–H groups in total. The summed E-state index contributed by atoms with van der Waals surface area (Å²) < 4.78 is 5.73. The van der Waals surface area contributed by atoms with Gasteiger partial charge in [-0.15, -0.1) is 0 Å². The highest BCUT2D eigenvalue weighted by molar-refractivity contribution is 5.94. The Morgan fingerprint density at radius 2 is 1.85 bits per heavy atom. The number of rotatable bonds is 2. The van der Waals surface area contributed by atoms with Crippen molar-refractivity contribution < 1.29 is 29.0 Å². The molecule has 1 saturated heterocycles. The van der Waals surface area contributed by atoms with Crippen molar-refractivity contribution in [3.63, 3.8) is 0 Å². The van der Waals surface area contributed by atoms with Gasteiger partial charge in [-0.25, -0.2) is 10.4 Å². The molecule has 4 rings (SSSR count). The molecular weight excluding hydrogens is 526 g/mol. The van der Waals surface area contributed by atoms with Crippen LogP contribution in [0.15, 0.2) is 36.4 Å². The first-order chi connectivity index (χ1) is 19.4. The molecule has 11 heteroatoms. The van der Waals surface area contributed by atoms with Gasteiger partial charge in [-0.3, -0.25) is 24.2 Å². The van der Waals surface area contributed by atoms with Gasteiger partial charge in [0.2, 0.25) is 11.8 Å². The van der Waals surface area contributed by atoms with E-state index in [4.69, 9.17) is 9.72 Å². The van der Waals surface area contributed by atoms with Gasteiger partial charge in [-0.1, -0.05) is 44.2 Å². The zero-order valence-corrected chi connectivity index (χ0v) is 24.1. The van der Waals surface area contributed by atoms with Crippen molar-refractivity contribution >= 4 is 40.7 Å². The molecular formula is C30H39N5O6. The number of nitrogens with one attached hydrogen (secondary N) is 3. The summed E-state index contributed by atoms with van der Waals surface area (Å²) in [6.45, 7) is 8.31. The Labute approximate surface area is 239 Å². The second-order valence-electron chi connectivity index (χ2n) is 11.4. The Kier molecular flexibility index (Phi) is 9.08. The standard InChI is InChI=1S/C30H39N5O6/c1-17(2)25-26(37)31-18(3)27(38)35-14-6-7-23(34-35)28(39)41-19(4)22-11-10-21-9-8-20(15-24(21)32-22)12-13-30(5,16-36)29(40)33-25/h8-13,15,17-19,23,25,34,36H,6-7,14,16H2,1-5H3,(H,31,37)(H,33,40)/b13-12+/t18-,19+,23-,25?,30+/m0/s1. The van der Waals surface area contributed by atoms with Crippen molar-refractivity contribution in [1.29, 1.82) is 0 Å². The molecule has 2 aliphatic heterocycles. The number of amides is 3. The van der Waals surface area contributed by atoms with Crippen LogP contribution in [-0.2, 0) is 23.9 Å². The molecule has 41 heavy (non-hydrogen) atoms. The Morgan fingerprint density at radius 1 is 1.12 bits per heavy atom. The highest BCUT2D eigenvalue weighted by Gasteiger charge is 2.36. The SMILES string of the molecule is CC(C)C1NC(=O)[C@@](C)(CO)/C=C/c2ccc3ccc(nc3c2)[C@@H](C)OC(=O)[C@@H]2CCCN(N2)C(=O)[C@H](C)NC1=O. The highest BCUT2D eigenvalue weighted by atomic mass is 16.5. The molecule has 11 nitrogen and oxygen atoms in total. The number of carbonyl (C=O) groups is 4. The summed E-state index contributed by atoms with van der Waals surface area (Å²) >= 11 is 0. The van der Waals surface area contributed by atoms with Gasteiger partial charge in [0.25, 0.3) is 5.91 Å². The molecule has 1 unspecified atom stereocenters. The van der Waals surface area contributed by atoms with Crippen LogP contribution >= 0.6 is 0 Å². The molecule has 0 aliphatic carbocycles. The lowest BCUT2D eigenvalue weighted by Crippen LogP contribution is -2.61. The van der Waals surface area contributed by atoms with E-state index in [1.165, 1.54) is 5.01 Å². The van der Waals surface area contributed by atoms with Crippen molar-refractivity contribution in [2.24, 2.45) is 11.3 Å². The number of carbonyl (C=O) groups excluding carboxylic acids is 4. The normalized spacial score (nSPS) is 29.2. The van der Waals surface area contributed by atoms with Gasteiger partial charge in [0.1, 0.15) is 24.2 Å². The van der Waals surface area contributed by atoms with Gasteiger partial charge in [-0.2, -0.15) is 0 Å². The highest BCUT2D eigenvalue weighted by Crippen LogP contribution is 2.25. The third-order valence-electron chi connectivity index (χ3n) is 7.64. The number of cyclic esters (lactones) is 1. The minimum Gasteiger partial charge on any atom is -0.455 e. The number of hydrogen-bond acceptors (Lipinski definition) is 8. The van der Waals surface area contributed by atoms with Crippen molar-refractivity contribution in [2.45, 2.75) is 71.7 Å². The number of aliphatic hydroxyl groups excluding tert-OH is 1. The molecule has 3 heterocycles. The number of pyridine rings is 1. The van der Waals surface area contributed by atoms with Gasteiger partial charge in [0.15, 0.2) is 0 Å². The third kappa shape index (κ3) is 6.74. The maximum Gasteiger partial charge on any atom is 0.325 e. The quantitative estimate of drug-likeness (QED) is 0.404. The van der Waals surface area contributed by atoms with Crippen LogP contribution in [0, 0.1) is 11.3 Å². The second kappa shape index (κ2) is 12.4. The van der Waals surface area contributed by atoms with E-state index >= 15 is 0 Å². The number of aliphatic hydroxyl groups is 1. The summed E-state index contributed by atoms with van der Waals surface area (Å²) in [4.78, 5) is 57.5. The first-order valence-electron chi connectivity index (χ1n) is 14.0. The van der Waals surface area contributed by atoms with E-state index in [2.05, 4.69) is 16.1 Å². The summed E-state index contributed by atoms with van der Waals surface area (Å²) in [5, 5.41) is 17.9. The number of hydrazine groups is 1. The monoisotopic (exact) mass is 565 g/mol.